The van der Waals surface area contributed by atoms with Crippen molar-refractivity contribution in [1.82, 2.24) is 10.5 Å². The van der Waals surface area contributed by atoms with Gasteiger partial charge >= 0.3 is 5.97 Å². The Labute approximate surface area is 92.6 Å². The first kappa shape index (κ1) is 11.1. The molecule has 1 atom stereocenters. The summed E-state index contributed by atoms with van der Waals surface area (Å²) in [5.41, 5.74) is -0.125. The summed E-state index contributed by atoms with van der Waals surface area (Å²) in [4.78, 5) is 10.6. The average molecular weight is 226 g/mol. The molecule has 2 rings (SSSR count). The van der Waals surface area contributed by atoms with Crippen LogP contribution in [0.25, 0.3) is 0 Å². The fraction of sp³-hybridized carbons (Fsp3) is 0.600. The van der Waals surface area contributed by atoms with E-state index in [4.69, 9.17) is 14.4 Å². The first-order valence-corrected chi connectivity index (χ1v) is 5.11. The van der Waals surface area contributed by atoms with E-state index in [2.05, 4.69) is 17.4 Å². The number of hydrogen-bond donors (Lipinski definition) is 2. The number of carbonyl (C=O) groups is 1. The van der Waals surface area contributed by atoms with Gasteiger partial charge in [0.25, 0.3) is 0 Å². The lowest BCUT2D eigenvalue weighted by Crippen LogP contribution is -2.42. The Morgan fingerprint density at radius 2 is 2.56 bits per heavy atom. The van der Waals surface area contributed by atoms with Crippen LogP contribution in [0, 0.1) is 0 Å². The van der Waals surface area contributed by atoms with E-state index in [1.165, 1.54) is 6.07 Å². The smallest absolute Gasteiger partial charge is 0.358 e. The molecule has 0 saturated carbocycles. The summed E-state index contributed by atoms with van der Waals surface area (Å²) in [5, 5.41) is 15.4. The molecule has 0 aromatic carbocycles. The van der Waals surface area contributed by atoms with Crippen LogP contribution in [0.4, 0.5) is 0 Å². The second kappa shape index (κ2) is 4.23. The lowest BCUT2D eigenvalue weighted by molar-refractivity contribution is 0.0685. The van der Waals surface area contributed by atoms with E-state index in [-0.39, 0.29) is 11.2 Å². The minimum Gasteiger partial charge on any atom is -0.476 e. The fourth-order valence-corrected chi connectivity index (χ4v) is 1.60. The van der Waals surface area contributed by atoms with Gasteiger partial charge in [0.2, 0.25) is 0 Å². The van der Waals surface area contributed by atoms with Gasteiger partial charge in [-0.25, -0.2) is 4.79 Å². The lowest BCUT2D eigenvalue weighted by atomic mass is 10.0. The minimum atomic E-state index is -1.08. The third-order valence-electron chi connectivity index (χ3n) is 2.69. The van der Waals surface area contributed by atoms with Crippen molar-refractivity contribution < 1.29 is 19.2 Å². The molecule has 0 bridgehead atoms. The standard InChI is InChI=1S/C10H14N2O4/c1-10(2-3-15-6-10)11-5-7-4-8(9(13)14)12-16-7/h4,11H,2-3,5-6H2,1H3,(H,13,14). The predicted octanol–water partition coefficient (Wildman–Crippen LogP) is 0.641. The van der Waals surface area contributed by atoms with Gasteiger partial charge in [-0.3, -0.25) is 0 Å². The molecule has 6 heteroatoms. The molecule has 1 aromatic heterocycles. The van der Waals surface area contributed by atoms with E-state index in [9.17, 15) is 4.79 Å². The van der Waals surface area contributed by atoms with E-state index in [1.807, 2.05) is 0 Å². The Morgan fingerprint density at radius 3 is 3.12 bits per heavy atom. The van der Waals surface area contributed by atoms with Crippen molar-refractivity contribution >= 4 is 5.97 Å². The second-order valence-corrected chi connectivity index (χ2v) is 4.20. The van der Waals surface area contributed by atoms with Crippen molar-refractivity contribution in [1.29, 1.82) is 0 Å². The topological polar surface area (TPSA) is 84.6 Å². The molecule has 1 aliphatic rings. The van der Waals surface area contributed by atoms with Gasteiger partial charge in [0, 0.05) is 18.2 Å². The maximum atomic E-state index is 10.6. The largest absolute Gasteiger partial charge is 0.476 e. The number of aromatic carboxylic acids is 1. The average Bonchev–Trinajstić information content (AvgIpc) is 2.84. The van der Waals surface area contributed by atoms with Crippen LogP contribution in [0.3, 0.4) is 0 Å². The van der Waals surface area contributed by atoms with Crippen molar-refractivity contribution in [2.45, 2.75) is 25.4 Å². The highest BCUT2D eigenvalue weighted by molar-refractivity contribution is 5.85. The van der Waals surface area contributed by atoms with Crippen LogP contribution >= 0.6 is 0 Å². The number of rotatable bonds is 4. The molecular weight excluding hydrogens is 212 g/mol. The predicted molar refractivity (Wildman–Crippen MR) is 54.1 cm³/mol. The summed E-state index contributed by atoms with van der Waals surface area (Å²) in [7, 11) is 0. The molecule has 0 radical (unpaired) electrons. The van der Waals surface area contributed by atoms with E-state index >= 15 is 0 Å². The van der Waals surface area contributed by atoms with Gasteiger partial charge < -0.3 is 19.7 Å². The minimum absolute atomic E-state index is 0.0593. The third kappa shape index (κ3) is 2.40. The van der Waals surface area contributed by atoms with Gasteiger partial charge in [-0.2, -0.15) is 0 Å². The molecule has 16 heavy (non-hydrogen) atoms. The second-order valence-electron chi connectivity index (χ2n) is 4.20. The first-order valence-electron chi connectivity index (χ1n) is 5.11. The van der Waals surface area contributed by atoms with E-state index in [0.717, 1.165) is 13.0 Å². The van der Waals surface area contributed by atoms with Gasteiger partial charge in [0.1, 0.15) is 0 Å². The van der Waals surface area contributed by atoms with Crippen molar-refractivity contribution in [3.8, 4) is 0 Å². The number of nitrogens with one attached hydrogen (secondary N) is 1. The molecule has 0 spiro atoms. The van der Waals surface area contributed by atoms with E-state index in [0.29, 0.717) is 18.9 Å². The van der Waals surface area contributed by atoms with Gasteiger partial charge in [-0.15, -0.1) is 0 Å². The number of aromatic nitrogens is 1. The molecular formula is C10H14N2O4. The quantitative estimate of drug-likeness (QED) is 0.783. The maximum absolute atomic E-state index is 10.6. The SMILES string of the molecule is CC1(NCc2cc(C(=O)O)no2)CCOC1. The zero-order chi connectivity index (χ0) is 11.6. The Kier molecular flexibility index (Phi) is 2.93. The number of carboxylic acid groups (broad SMARTS) is 1. The van der Waals surface area contributed by atoms with Crippen LogP contribution in [0.2, 0.25) is 0 Å². The van der Waals surface area contributed by atoms with Crippen LogP contribution in [0.5, 0.6) is 0 Å². The highest BCUT2D eigenvalue weighted by Crippen LogP contribution is 2.18. The number of carboxylic acids is 1. The lowest BCUT2D eigenvalue weighted by Gasteiger charge is -2.22. The molecule has 1 saturated heterocycles. The molecule has 1 fully saturated rings. The molecule has 1 aliphatic heterocycles. The molecule has 0 aliphatic carbocycles. The zero-order valence-electron chi connectivity index (χ0n) is 9.02. The van der Waals surface area contributed by atoms with Crippen LogP contribution in [-0.2, 0) is 11.3 Å². The molecule has 2 heterocycles. The molecule has 2 N–H and O–H groups in total. The van der Waals surface area contributed by atoms with Crippen LogP contribution in [0.15, 0.2) is 10.6 Å². The summed E-state index contributed by atoms with van der Waals surface area (Å²) in [5.74, 6) is -0.559. The Bertz CT molecular complexity index is 382. The number of nitrogens with zero attached hydrogens (tertiary/aromatic N) is 1. The molecule has 6 nitrogen and oxygen atoms in total. The van der Waals surface area contributed by atoms with Gasteiger partial charge in [0.05, 0.1) is 13.2 Å². The summed E-state index contributed by atoms with van der Waals surface area (Å²) in [6, 6.07) is 1.43. The molecule has 1 aromatic rings. The number of ether oxygens (including phenoxy) is 1. The van der Waals surface area contributed by atoms with Gasteiger partial charge in [0.15, 0.2) is 11.5 Å². The summed E-state index contributed by atoms with van der Waals surface area (Å²) < 4.78 is 10.2. The summed E-state index contributed by atoms with van der Waals surface area (Å²) in [6.07, 6.45) is 0.937. The third-order valence-corrected chi connectivity index (χ3v) is 2.69. The summed E-state index contributed by atoms with van der Waals surface area (Å²) >= 11 is 0. The maximum Gasteiger partial charge on any atom is 0.358 e. The van der Waals surface area contributed by atoms with Gasteiger partial charge in [-0.1, -0.05) is 5.16 Å². The summed E-state index contributed by atoms with van der Waals surface area (Å²) in [6.45, 7) is 3.93. The van der Waals surface area contributed by atoms with Crippen LogP contribution in [-0.4, -0.2) is 35.0 Å². The van der Waals surface area contributed by atoms with E-state index in [1.54, 1.807) is 0 Å². The van der Waals surface area contributed by atoms with Crippen molar-refractivity contribution in [2.75, 3.05) is 13.2 Å². The Balaban J connectivity index is 1.91. The van der Waals surface area contributed by atoms with Crippen molar-refractivity contribution in [3.05, 3.63) is 17.5 Å². The van der Waals surface area contributed by atoms with Crippen LogP contribution < -0.4 is 5.32 Å². The zero-order valence-corrected chi connectivity index (χ0v) is 9.02. The highest BCUT2D eigenvalue weighted by atomic mass is 16.5. The molecule has 0 amide bonds. The Hall–Kier alpha value is -1.40. The Morgan fingerprint density at radius 1 is 1.75 bits per heavy atom. The molecule has 88 valence electrons. The first-order chi connectivity index (χ1) is 7.59. The van der Waals surface area contributed by atoms with Gasteiger partial charge in [-0.05, 0) is 13.3 Å². The highest BCUT2D eigenvalue weighted by Gasteiger charge is 2.29. The van der Waals surface area contributed by atoms with Crippen molar-refractivity contribution in [2.24, 2.45) is 0 Å². The molecule has 1 unspecified atom stereocenters. The number of hydrogen-bond acceptors (Lipinski definition) is 5. The normalized spacial score (nSPS) is 24.8. The van der Waals surface area contributed by atoms with Crippen molar-refractivity contribution in [3.63, 3.8) is 0 Å². The fourth-order valence-electron chi connectivity index (χ4n) is 1.60. The van der Waals surface area contributed by atoms with Crippen LogP contribution in [0.1, 0.15) is 29.6 Å². The monoisotopic (exact) mass is 226 g/mol. The van der Waals surface area contributed by atoms with E-state index < -0.39 is 5.97 Å².